The zero-order valence-electron chi connectivity index (χ0n) is 15.0. The van der Waals surface area contributed by atoms with Crippen LogP contribution in [0, 0.1) is 0 Å². The summed E-state index contributed by atoms with van der Waals surface area (Å²) in [6, 6.07) is 11.3. The van der Waals surface area contributed by atoms with Gasteiger partial charge in [-0.25, -0.2) is 0 Å². The summed E-state index contributed by atoms with van der Waals surface area (Å²) in [7, 11) is 0. The Morgan fingerprint density at radius 2 is 1.81 bits per heavy atom. The molecule has 5 nitrogen and oxygen atoms in total. The van der Waals surface area contributed by atoms with Crippen molar-refractivity contribution in [3.8, 4) is 0 Å². The predicted molar refractivity (Wildman–Crippen MR) is 112 cm³/mol. The number of likely N-dealkylation sites (N-methyl/N-ethyl adjacent to an activating group) is 1. The second-order valence-corrected chi connectivity index (χ2v) is 7.06. The molecule has 0 aliphatic heterocycles. The van der Waals surface area contributed by atoms with Crippen LogP contribution in [0.15, 0.2) is 41.2 Å². The molecule has 1 heterocycles. The first-order valence-corrected chi connectivity index (χ1v) is 9.66. The number of nitrogens with zero attached hydrogens (tertiary/aromatic N) is 1. The van der Waals surface area contributed by atoms with Crippen LogP contribution < -0.4 is 16.1 Å². The normalized spacial score (nSPS) is 11.2. The number of carbonyl (C=O) groups is 1. The summed E-state index contributed by atoms with van der Waals surface area (Å²) < 4.78 is 1.72. The van der Waals surface area contributed by atoms with E-state index in [-0.39, 0.29) is 5.43 Å². The minimum Gasteiger partial charge on any atom is -0.383 e. The van der Waals surface area contributed by atoms with E-state index in [4.69, 9.17) is 0 Å². The second kappa shape index (κ2) is 8.29. The second-order valence-electron chi connectivity index (χ2n) is 6.01. The highest BCUT2D eigenvalue weighted by Gasteiger charge is 2.13. The molecule has 0 unspecified atom stereocenters. The number of hydrogen-bond acceptors (Lipinski definition) is 5. The number of amides is 1. The topological polar surface area (TPSA) is 61.4 Å². The fourth-order valence-corrected chi connectivity index (χ4v) is 4.29. The first-order valence-electron chi connectivity index (χ1n) is 8.84. The van der Waals surface area contributed by atoms with E-state index in [0.717, 1.165) is 41.3 Å². The minimum atomic E-state index is -0.00534. The Bertz CT molecular complexity index is 980. The summed E-state index contributed by atoms with van der Waals surface area (Å²) in [6.07, 6.45) is 0.647. The molecule has 2 N–H and O–H groups in total. The van der Waals surface area contributed by atoms with Crippen LogP contribution in [0.2, 0.25) is 0 Å². The van der Waals surface area contributed by atoms with Gasteiger partial charge in [0.25, 0.3) is 0 Å². The number of anilines is 2. The average molecular weight is 369 g/mol. The van der Waals surface area contributed by atoms with Gasteiger partial charge in [0.1, 0.15) is 0 Å². The maximum Gasteiger partial charge on any atom is 0.211 e. The lowest BCUT2D eigenvalue weighted by Crippen LogP contribution is -2.28. The Morgan fingerprint density at radius 3 is 2.54 bits per heavy atom. The monoisotopic (exact) mass is 369 g/mol. The molecule has 0 aliphatic carbocycles. The molecule has 3 aromatic rings. The largest absolute Gasteiger partial charge is 0.383 e. The van der Waals surface area contributed by atoms with Crippen LogP contribution in [0.5, 0.6) is 0 Å². The zero-order chi connectivity index (χ0) is 18.5. The lowest BCUT2D eigenvalue weighted by molar-refractivity contribution is -0.105. The summed E-state index contributed by atoms with van der Waals surface area (Å²) in [6.45, 7) is 7.95. The maximum atomic E-state index is 13.1. The quantitative estimate of drug-likeness (QED) is 0.469. The van der Waals surface area contributed by atoms with Crippen molar-refractivity contribution in [2.24, 2.45) is 0 Å². The Hall–Kier alpha value is -2.44. The summed E-state index contributed by atoms with van der Waals surface area (Å²) in [4.78, 5) is 26.4. The van der Waals surface area contributed by atoms with E-state index in [1.807, 2.05) is 36.4 Å². The fraction of sp³-hybridized carbons (Fsp3) is 0.300. The van der Waals surface area contributed by atoms with Crippen molar-refractivity contribution < 1.29 is 4.79 Å². The van der Waals surface area contributed by atoms with Gasteiger partial charge < -0.3 is 15.5 Å². The Kier molecular flexibility index (Phi) is 5.85. The van der Waals surface area contributed by atoms with Crippen LogP contribution >= 0.6 is 11.3 Å². The van der Waals surface area contributed by atoms with Crippen molar-refractivity contribution in [2.75, 3.05) is 36.8 Å². The molecule has 0 fully saturated rings. The van der Waals surface area contributed by atoms with E-state index in [1.165, 1.54) is 11.3 Å². The van der Waals surface area contributed by atoms with Crippen molar-refractivity contribution >= 4 is 49.3 Å². The highest BCUT2D eigenvalue weighted by molar-refractivity contribution is 7.25. The van der Waals surface area contributed by atoms with Gasteiger partial charge in [0.05, 0.1) is 15.8 Å². The Balaban J connectivity index is 2.09. The fourth-order valence-electron chi connectivity index (χ4n) is 3.11. The van der Waals surface area contributed by atoms with Crippen LogP contribution in [-0.2, 0) is 4.79 Å². The van der Waals surface area contributed by atoms with Crippen molar-refractivity contribution in [1.82, 2.24) is 4.90 Å². The molecule has 0 spiro atoms. The molecule has 136 valence electrons. The average Bonchev–Trinajstić information content (AvgIpc) is 2.67. The van der Waals surface area contributed by atoms with E-state index < -0.39 is 0 Å². The van der Waals surface area contributed by atoms with Gasteiger partial charge in [-0.05, 0) is 37.4 Å². The molecule has 3 rings (SSSR count). The van der Waals surface area contributed by atoms with Crippen molar-refractivity contribution in [3.63, 3.8) is 0 Å². The number of rotatable bonds is 8. The predicted octanol–water partition coefficient (Wildman–Crippen LogP) is 3.74. The zero-order valence-corrected chi connectivity index (χ0v) is 15.9. The SMILES string of the molecule is CCN(CC)CCNc1ccc(NC=O)c2sc3ccccc3c(=O)c12. The minimum absolute atomic E-state index is 0.00534. The number of hydrogen-bond donors (Lipinski definition) is 2. The maximum absolute atomic E-state index is 13.1. The van der Waals surface area contributed by atoms with Crippen LogP contribution in [-0.4, -0.2) is 37.5 Å². The molecule has 1 aromatic heterocycles. The Labute approximate surface area is 156 Å². The highest BCUT2D eigenvalue weighted by Crippen LogP contribution is 2.34. The van der Waals surface area contributed by atoms with Gasteiger partial charge in [-0.1, -0.05) is 26.0 Å². The van der Waals surface area contributed by atoms with Gasteiger partial charge in [-0.3, -0.25) is 9.59 Å². The summed E-state index contributed by atoms with van der Waals surface area (Å²) in [5.74, 6) is 0. The van der Waals surface area contributed by atoms with Crippen molar-refractivity contribution in [3.05, 3.63) is 46.6 Å². The number of carbonyl (C=O) groups excluding carboxylic acids is 1. The van der Waals surface area contributed by atoms with E-state index in [0.29, 0.717) is 22.9 Å². The van der Waals surface area contributed by atoms with Gasteiger partial charge in [-0.15, -0.1) is 11.3 Å². The molecule has 26 heavy (non-hydrogen) atoms. The van der Waals surface area contributed by atoms with Crippen molar-refractivity contribution in [1.29, 1.82) is 0 Å². The van der Waals surface area contributed by atoms with Gasteiger partial charge in [0.2, 0.25) is 6.41 Å². The number of benzene rings is 2. The van der Waals surface area contributed by atoms with Crippen LogP contribution in [0.25, 0.3) is 20.2 Å². The Morgan fingerprint density at radius 1 is 1.08 bits per heavy atom. The smallest absolute Gasteiger partial charge is 0.211 e. The van der Waals surface area contributed by atoms with Gasteiger partial charge in [-0.2, -0.15) is 0 Å². The van der Waals surface area contributed by atoms with Gasteiger partial charge in [0, 0.05) is 28.9 Å². The summed E-state index contributed by atoms with van der Waals surface area (Å²) in [5.41, 5.74) is 1.47. The molecule has 0 saturated heterocycles. The third kappa shape index (κ3) is 3.57. The highest BCUT2D eigenvalue weighted by atomic mass is 32.1. The lowest BCUT2D eigenvalue weighted by Gasteiger charge is -2.19. The third-order valence-corrected chi connectivity index (χ3v) is 5.78. The van der Waals surface area contributed by atoms with Crippen LogP contribution in [0.3, 0.4) is 0 Å². The van der Waals surface area contributed by atoms with E-state index >= 15 is 0 Å². The van der Waals surface area contributed by atoms with E-state index in [1.54, 1.807) is 0 Å². The first kappa shape index (κ1) is 18.4. The number of fused-ring (bicyclic) bond motifs is 2. The standard InChI is InChI=1S/C20H23N3O2S/c1-3-23(4-2)12-11-21-15-9-10-16(22-13-24)20-18(15)19(25)14-7-5-6-8-17(14)26-20/h5-10,13,21H,3-4,11-12H2,1-2H3,(H,22,24). The number of nitrogens with one attached hydrogen (secondary N) is 2. The molecule has 0 bridgehead atoms. The van der Waals surface area contributed by atoms with E-state index in [2.05, 4.69) is 29.4 Å². The first-order chi connectivity index (χ1) is 12.7. The van der Waals surface area contributed by atoms with Crippen LogP contribution in [0.1, 0.15) is 13.8 Å². The molecular weight excluding hydrogens is 346 g/mol. The van der Waals surface area contributed by atoms with Gasteiger partial charge >= 0.3 is 0 Å². The van der Waals surface area contributed by atoms with E-state index in [9.17, 15) is 9.59 Å². The lowest BCUT2D eigenvalue weighted by atomic mass is 10.1. The molecule has 6 heteroatoms. The molecule has 1 amide bonds. The third-order valence-electron chi connectivity index (χ3n) is 4.58. The molecule has 2 aromatic carbocycles. The summed E-state index contributed by atoms with van der Waals surface area (Å²) >= 11 is 1.52. The van der Waals surface area contributed by atoms with Crippen molar-refractivity contribution in [2.45, 2.75) is 13.8 Å². The molecule has 0 aliphatic rings. The molecule has 0 radical (unpaired) electrons. The molecular formula is C20H23N3O2S. The molecule has 0 saturated carbocycles. The molecule has 0 atom stereocenters. The van der Waals surface area contributed by atoms with Gasteiger partial charge in [0.15, 0.2) is 5.43 Å². The van der Waals surface area contributed by atoms with Crippen LogP contribution in [0.4, 0.5) is 11.4 Å². The summed E-state index contributed by atoms with van der Waals surface area (Å²) in [5, 5.41) is 7.48.